The summed E-state index contributed by atoms with van der Waals surface area (Å²) < 4.78 is 3.11. The Labute approximate surface area is 121 Å². The molecule has 1 rings (SSSR count). The summed E-state index contributed by atoms with van der Waals surface area (Å²) >= 11 is 7.21. The van der Waals surface area contributed by atoms with Crippen molar-refractivity contribution < 1.29 is 0 Å². The Morgan fingerprint density at radius 3 is 2.53 bits per heavy atom. The number of nitrogens with one attached hydrogen (secondary N) is 1. The first-order valence-corrected chi connectivity index (χ1v) is 7.74. The van der Waals surface area contributed by atoms with Crippen molar-refractivity contribution in [3.63, 3.8) is 0 Å². The van der Waals surface area contributed by atoms with Crippen LogP contribution < -0.4 is 5.32 Å². The summed E-state index contributed by atoms with van der Waals surface area (Å²) in [5.74, 6) is 0. The zero-order valence-corrected chi connectivity index (χ0v) is 14.1. The summed E-state index contributed by atoms with van der Waals surface area (Å²) in [5.41, 5.74) is 2.35. The predicted molar refractivity (Wildman–Crippen MR) is 79.6 cm³/mol. The van der Waals surface area contributed by atoms with E-state index in [0.29, 0.717) is 10.9 Å². The molecule has 0 aliphatic heterocycles. The standard InChI is InChI=1S/C12H21Br2N3/c1-5-10-12(14)11(17(4)16-10)7-15-9(3)6-8(2)13/h8-9,15H,5-7H2,1-4H3. The van der Waals surface area contributed by atoms with Gasteiger partial charge in [-0.25, -0.2) is 0 Å². The number of rotatable bonds is 6. The Kier molecular flexibility index (Phi) is 6.17. The monoisotopic (exact) mass is 365 g/mol. The van der Waals surface area contributed by atoms with Crippen molar-refractivity contribution in [3.05, 3.63) is 15.9 Å². The number of hydrogen-bond acceptors (Lipinski definition) is 2. The molecule has 0 aromatic carbocycles. The second kappa shape index (κ2) is 6.90. The molecule has 0 saturated heterocycles. The van der Waals surface area contributed by atoms with Crippen LogP contribution in [-0.2, 0) is 20.0 Å². The molecular weight excluding hydrogens is 346 g/mol. The van der Waals surface area contributed by atoms with E-state index in [1.165, 1.54) is 5.69 Å². The van der Waals surface area contributed by atoms with Crippen molar-refractivity contribution in [2.45, 2.75) is 51.0 Å². The van der Waals surface area contributed by atoms with Crippen LogP contribution in [-0.4, -0.2) is 20.6 Å². The average Bonchev–Trinajstić information content (AvgIpc) is 2.50. The molecule has 1 heterocycles. The van der Waals surface area contributed by atoms with Gasteiger partial charge in [-0.1, -0.05) is 29.8 Å². The number of aromatic nitrogens is 2. The molecule has 0 fully saturated rings. The number of aryl methyl sites for hydroxylation is 2. The van der Waals surface area contributed by atoms with E-state index in [1.807, 2.05) is 11.7 Å². The minimum atomic E-state index is 0.497. The van der Waals surface area contributed by atoms with Crippen LogP contribution in [0.5, 0.6) is 0 Å². The molecule has 1 aromatic heterocycles. The highest BCUT2D eigenvalue weighted by atomic mass is 79.9. The summed E-state index contributed by atoms with van der Waals surface area (Å²) in [6.45, 7) is 7.36. The van der Waals surface area contributed by atoms with Crippen molar-refractivity contribution >= 4 is 31.9 Å². The van der Waals surface area contributed by atoms with E-state index in [-0.39, 0.29) is 0 Å². The normalized spacial score (nSPS) is 14.9. The number of halogens is 2. The van der Waals surface area contributed by atoms with Crippen LogP contribution in [0, 0.1) is 0 Å². The third kappa shape index (κ3) is 4.38. The molecule has 1 aromatic rings. The van der Waals surface area contributed by atoms with Gasteiger partial charge in [-0.05, 0) is 35.7 Å². The van der Waals surface area contributed by atoms with Crippen molar-refractivity contribution in [1.82, 2.24) is 15.1 Å². The minimum absolute atomic E-state index is 0.497. The molecule has 5 heteroatoms. The van der Waals surface area contributed by atoms with Crippen LogP contribution >= 0.6 is 31.9 Å². The summed E-state index contributed by atoms with van der Waals surface area (Å²) in [6.07, 6.45) is 2.08. The molecule has 0 saturated carbocycles. The molecular formula is C12H21Br2N3. The van der Waals surface area contributed by atoms with Gasteiger partial charge in [0.25, 0.3) is 0 Å². The van der Waals surface area contributed by atoms with Gasteiger partial charge in [-0.2, -0.15) is 5.10 Å². The maximum Gasteiger partial charge on any atom is 0.0767 e. The van der Waals surface area contributed by atoms with Crippen molar-refractivity contribution in [1.29, 1.82) is 0 Å². The van der Waals surface area contributed by atoms with Gasteiger partial charge in [-0.3, -0.25) is 4.68 Å². The highest BCUT2D eigenvalue weighted by Crippen LogP contribution is 2.21. The van der Waals surface area contributed by atoms with Gasteiger partial charge >= 0.3 is 0 Å². The van der Waals surface area contributed by atoms with Crippen molar-refractivity contribution in [2.24, 2.45) is 7.05 Å². The first-order chi connectivity index (χ1) is 7.95. The van der Waals surface area contributed by atoms with Gasteiger partial charge < -0.3 is 5.32 Å². The molecule has 0 spiro atoms. The van der Waals surface area contributed by atoms with E-state index >= 15 is 0 Å². The summed E-state index contributed by atoms with van der Waals surface area (Å²) in [5, 5.41) is 8.02. The van der Waals surface area contributed by atoms with Gasteiger partial charge in [0.2, 0.25) is 0 Å². The second-order valence-corrected chi connectivity index (χ2v) is 6.84. The molecule has 17 heavy (non-hydrogen) atoms. The Morgan fingerprint density at radius 1 is 1.41 bits per heavy atom. The van der Waals surface area contributed by atoms with E-state index in [2.05, 4.69) is 63.0 Å². The third-order valence-corrected chi connectivity index (χ3v) is 4.09. The van der Waals surface area contributed by atoms with Gasteiger partial charge in [0.1, 0.15) is 0 Å². The molecule has 0 radical (unpaired) electrons. The van der Waals surface area contributed by atoms with Crippen LogP contribution in [0.25, 0.3) is 0 Å². The lowest BCUT2D eigenvalue weighted by Gasteiger charge is -2.15. The van der Waals surface area contributed by atoms with E-state index in [9.17, 15) is 0 Å². The van der Waals surface area contributed by atoms with Crippen molar-refractivity contribution in [3.8, 4) is 0 Å². The summed E-state index contributed by atoms with van der Waals surface area (Å²) in [6, 6.07) is 0.497. The molecule has 0 aliphatic carbocycles. The first kappa shape index (κ1) is 15.2. The Balaban J connectivity index is 2.60. The fourth-order valence-corrected chi connectivity index (χ4v) is 3.17. The van der Waals surface area contributed by atoms with Crippen LogP contribution in [0.15, 0.2) is 4.47 Å². The second-order valence-electron chi connectivity index (χ2n) is 4.48. The maximum atomic E-state index is 4.49. The fourth-order valence-electron chi connectivity index (χ4n) is 1.85. The molecule has 0 amide bonds. The van der Waals surface area contributed by atoms with Gasteiger partial charge in [-0.15, -0.1) is 0 Å². The molecule has 3 nitrogen and oxygen atoms in total. The first-order valence-electron chi connectivity index (χ1n) is 6.03. The van der Waals surface area contributed by atoms with Crippen LogP contribution in [0.2, 0.25) is 0 Å². The highest BCUT2D eigenvalue weighted by molar-refractivity contribution is 9.10. The molecule has 0 aliphatic rings. The predicted octanol–water partition coefficient (Wildman–Crippen LogP) is 3.40. The van der Waals surface area contributed by atoms with Gasteiger partial charge in [0.05, 0.1) is 15.9 Å². The SMILES string of the molecule is CCc1nn(C)c(CNC(C)CC(C)Br)c1Br. The lowest BCUT2D eigenvalue weighted by atomic mass is 10.2. The summed E-state index contributed by atoms with van der Waals surface area (Å²) in [7, 11) is 2.00. The average molecular weight is 367 g/mol. The largest absolute Gasteiger partial charge is 0.309 e. The van der Waals surface area contributed by atoms with Crippen LogP contribution in [0.1, 0.15) is 38.6 Å². The fraction of sp³-hybridized carbons (Fsp3) is 0.750. The van der Waals surface area contributed by atoms with E-state index in [0.717, 1.165) is 29.6 Å². The maximum absolute atomic E-state index is 4.49. The smallest absolute Gasteiger partial charge is 0.0767 e. The van der Waals surface area contributed by atoms with E-state index in [4.69, 9.17) is 0 Å². The zero-order chi connectivity index (χ0) is 13.0. The van der Waals surface area contributed by atoms with Gasteiger partial charge in [0.15, 0.2) is 0 Å². The molecule has 0 bridgehead atoms. The minimum Gasteiger partial charge on any atom is -0.309 e. The third-order valence-electron chi connectivity index (χ3n) is 2.80. The van der Waals surface area contributed by atoms with Crippen LogP contribution in [0.3, 0.4) is 0 Å². The van der Waals surface area contributed by atoms with Crippen molar-refractivity contribution in [2.75, 3.05) is 0 Å². The molecule has 98 valence electrons. The Hall–Kier alpha value is 0.130. The highest BCUT2D eigenvalue weighted by Gasteiger charge is 2.13. The Morgan fingerprint density at radius 2 is 2.06 bits per heavy atom. The summed E-state index contributed by atoms with van der Waals surface area (Å²) in [4.78, 5) is 0.547. The Bertz CT molecular complexity index is 361. The zero-order valence-electron chi connectivity index (χ0n) is 10.9. The lowest BCUT2D eigenvalue weighted by molar-refractivity contribution is 0.500. The topological polar surface area (TPSA) is 29.9 Å². The quantitative estimate of drug-likeness (QED) is 0.782. The lowest BCUT2D eigenvalue weighted by Crippen LogP contribution is -2.28. The molecule has 2 atom stereocenters. The number of alkyl halides is 1. The molecule has 2 unspecified atom stereocenters. The van der Waals surface area contributed by atoms with Gasteiger partial charge in [0, 0.05) is 24.5 Å². The van der Waals surface area contributed by atoms with E-state index in [1.54, 1.807) is 0 Å². The molecule has 1 N–H and O–H groups in total. The number of nitrogens with zero attached hydrogens (tertiary/aromatic N) is 2. The van der Waals surface area contributed by atoms with E-state index < -0.39 is 0 Å². The number of hydrogen-bond donors (Lipinski definition) is 1. The van der Waals surface area contributed by atoms with Crippen LogP contribution in [0.4, 0.5) is 0 Å².